The topological polar surface area (TPSA) is 38.3 Å². The lowest BCUT2D eigenvalue weighted by Crippen LogP contribution is -2.11. The Bertz CT molecular complexity index is 658. The number of carbonyl (C=O) groups excluding carboxylic acids is 1. The third kappa shape index (κ3) is 3.69. The molecule has 21 heavy (non-hydrogen) atoms. The summed E-state index contributed by atoms with van der Waals surface area (Å²) in [6.45, 7) is 1.98. The molecule has 0 saturated carbocycles. The third-order valence-electron chi connectivity index (χ3n) is 3.15. The van der Waals surface area contributed by atoms with Gasteiger partial charge in [0.1, 0.15) is 0 Å². The highest BCUT2D eigenvalue weighted by molar-refractivity contribution is 6.42. The fourth-order valence-electron chi connectivity index (χ4n) is 2.00. The number of ether oxygens (including phenoxy) is 1. The van der Waals surface area contributed by atoms with Crippen LogP contribution in [0, 0.1) is 0 Å². The Morgan fingerprint density at radius 3 is 2.52 bits per heavy atom. The molecular weight excluding hydrogens is 309 g/mol. The second kappa shape index (κ2) is 6.83. The van der Waals surface area contributed by atoms with Gasteiger partial charge in [0, 0.05) is 11.7 Å². The van der Waals surface area contributed by atoms with Crippen LogP contribution in [-0.2, 0) is 4.74 Å². The van der Waals surface area contributed by atoms with E-state index in [1.165, 1.54) is 7.11 Å². The quantitative estimate of drug-likeness (QED) is 0.809. The van der Waals surface area contributed by atoms with E-state index in [2.05, 4.69) is 5.32 Å². The first-order valence-electron chi connectivity index (χ1n) is 6.41. The zero-order chi connectivity index (χ0) is 15.4. The maximum Gasteiger partial charge on any atom is 0.339 e. The van der Waals surface area contributed by atoms with E-state index in [4.69, 9.17) is 27.9 Å². The highest BCUT2D eigenvalue weighted by atomic mass is 35.5. The lowest BCUT2D eigenvalue weighted by Gasteiger charge is -2.18. The number of esters is 1. The Morgan fingerprint density at radius 2 is 1.86 bits per heavy atom. The fraction of sp³-hybridized carbons (Fsp3) is 0.188. The zero-order valence-corrected chi connectivity index (χ0v) is 13.2. The van der Waals surface area contributed by atoms with Crippen LogP contribution in [0.2, 0.25) is 10.0 Å². The van der Waals surface area contributed by atoms with Gasteiger partial charge < -0.3 is 10.1 Å². The first-order chi connectivity index (χ1) is 10.0. The number of carbonyl (C=O) groups is 1. The highest BCUT2D eigenvalue weighted by Gasteiger charge is 2.14. The normalized spacial score (nSPS) is 11.8. The molecule has 5 heteroatoms. The molecule has 0 aliphatic heterocycles. The molecule has 0 amide bonds. The van der Waals surface area contributed by atoms with Gasteiger partial charge in [-0.2, -0.15) is 0 Å². The predicted octanol–water partition coefficient (Wildman–Crippen LogP) is 4.95. The second-order valence-corrected chi connectivity index (χ2v) is 5.39. The number of hydrogen-bond donors (Lipinski definition) is 1. The van der Waals surface area contributed by atoms with E-state index in [1.807, 2.05) is 31.2 Å². The molecule has 2 aromatic rings. The van der Waals surface area contributed by atoms with Gasteiger partial charge in [0.15, 0.2) is 0 Å². The van der Waals surface area contributed by atoms with Crippen LogP contribution in [0.25, 0.3) is 0 Å². The zero-order valence-electron chi connectivity index (χ0n) is 11.7. The van der Waals surface area contributed by atoms with Crippen molar-refractivity contribution in [3.05, 3.63) is 63.6 Å². The van der Waals surface area contributed by atoms with Crippen LogP contribution in [0.5, 0.6) is 0 Å². The molecule has 2 rings (SSSR count). The van der Waals surface area contributed by atoms with Gasteiger partial charge in [0.2, 0.25) is 0 Å². The van der Waals surface area contributed by atoms with Crippen molar-refractivity contribution in [3.8, 4) is 0 Å². The minimum atomic E-state index is -0.376. The van der Waals surface area contributed by atoms with Crippen LogP contribution in [0.15, 0.2) is 42.5 Å². The monoisotopic (exact) mass is 323 g/mol. The lowest BCUT2D eigenvalue weighted by molar-refractivity contribution is 0.0602. The molecule has 0 heterocycles. The number of para-hydroxylation sites is 1. The van der Waals surface area contributed by atoms with Crippen molar-refractivity contribution < 1.29 is 9.53 Å². The molecular formula is C16H15Cl2NO2. The van der Waals surface area contributed by atoms with Crippen molar-refractivity contribution in [2.24, 2.45) is 0 Å². The van der Waals surface area contributed by atoms with Gasteiger partial charge in [0.25, 0.3) is 0 Å². The minimum Gasteiger partial charge on any atom is -0.465 e. The van der Waals surface area contributed by atoms with Crippen molar-refractivity contribution >= 4 is 34.9 Å². The van der Waals surface area contributed by atoms with E-state index in [9.17, 15) is 4.79 Å². The van der Waals surface area contributed by atoms with E-state index in [-0.39, 0.29) is 12.0 Å². The molecule has 0 aromatic heterocycles. The summed E-state index contributed by atoms with van der Waals surface area (Å²) in [5, 5.41) is 4.31. The molecule has 0 saturated heterocycles. The molecule has 0 bridgehead atoms. The van der Waals surface area contributed by atoms with Crippen LogP contribution >= 0.6 is 23.2 Å². The number of halogens is 2. The number of nitrogens with one attached hydrogen (secondary N) is 1. The van der Waals surface area contributed by atoms with Crippen molar-refractivity contribution in [1.29, 1.82) is 0 Å². The second-order valence-electron chi connectivity index (χ2n) is 4.58. The molecule has 1 unspecified atom stereocenters. The van der Waals surface area contributed by atoms with Crippen molar-refractivity contribution in [3.63, 3.8) is 0 Å². The first-order valence-corrected chi connectivity index (χ1v) is 7.17. The van der Waals surface area contributed by atoms with Gasteiger partial charge in [-0.25, -0.2) is 4.79 Å². The van der Waals surface area contributed by atoms with Crippen LogP contribution in [0.4, 0.5) is 5.69 Å². The number of benzene rings is 2. The van der Waals surface area contributed by atoms with E-state index in [0.29, 0.717) is 21.3 Å². The van der Waals surface area contributed by atoms with E-state index < -0.39 is 0 Å². The summed E-state index contributed by atoms with van der Waals surface area (Å²) in [5.74, 6) is -0.376. The van der Waals surface area contributed by atoms with Gasteiger partial charge in [0.05, 0.1) is 22.7 Å². The maximum atomic E-state index is 11.8. The van der Waals surface area contributed by atoms with Gasteiger partial charge in [-0.3, -0.25) is 0 Å². The standard InChI is InChI=1S/C16H15Cl2NO2/c1-10(11-7-8-13(17)14(18)9-11)19-15-6-4-3-5-12(15)16(20)21-2/h3-10,19H,1-2H3. The molecule has 0 spiro atoms. The van der Waals surface area contributed by atoms with E-state index in [1.54, 1.807) is 18.2 Å². The van der Waals surface area contributed by atoms with E-state index >= 15 is 0 Å². The van der Waals surface area contributed by atoms with Crippen molar-refractivity contribution in [2.75, 3.05) is 12.4 Å². The molecule has 3 nitrogen and oxygen atoms in total. The molecule has 1 N–H and O–H groups in total. The summed E-state index contributed by atoms with van der Waals surface area (Å²) < 4.78 is 4.78. The van der Waals surface area contributed by atoms with Gasteiger partial charge in [-0.15, -0.1) is 0 Å². The van der Waals surface area contributed by atoms with Crippen LogP contribution in [0.1, 0.15) is 28.9 Å². The number of anilines is 1. The molecule has 110 valence electrons. The van der Waals surface area contributed by atoms with Crippen molar-refractivity contribution in [1.82, 2.24) is 0 Å². The van der Waals surface area contributed by atoms with E-state index in [0.717, 1.165) is 5.56 Å². The Morgan fingerprint density at radius 1 is 1.14 bits per heavy atom. The molecule has 0 aliphatic carbocycles. The molecule has 1 atom stereocenters. The number of rotatable bonds is 4. The van der Waals surface area contributed by atoms with Crippen LogP contribution in [-0.4, -0.2) is 13.1 Å². The average molecular weight is 324 g/mol. The predicted molar refractivity (Wildman–Crippen MR) is 86.3 cm³/mol. The fourth-order valence-corrected chi connectivity index (χ4v) is 2.30. The summed E-state index contributed by atoms with van der Waals surface area (Å²) in [6, 6.07) is 12.6. The van der Waals surface area contributed by atoms with Gasteiger partial charge in [-0.1, -0.05) is 41.4 Å². The Kier molecular flexibility index (Phi) is 5.10. The summed E-state index contributed by atoms with van der Waals surface area (Å²) in [5.41, 5.74) is 2.18. The first kappa shape index (κ1) is 15.7. The minimum absolute atomic E-state index is 0.0365. The number of methoxy groups -OCH3 is 1. The largest absolute Gasteiger partial charge is 0.465 e. The summed E-state index contributed by atoms with van der Waals surface area (Å²) in [6.07, 6.45) is 0. The molecule has 2 aromatic carbocycles. The smallest absolute Gasteiger partial charge is 0.339 e. The summed E-state index contributed by atoms with van der Waals surface area (Å²) in [4.78, 5) is 11.8. The Labute approximate surface area is 133 Å². The summed E-state index contributed by atoms with van der Waals surface area (Å²) >= 11 is 11.9. The van der Waals surface area contributed by atoms with Gasteiger partial charge in [-0.05, 0) is 36.8 Å². The Balaban J connectivity index is 2.25. The van der Waals surface area contributed by atoms with Crippen LogP contribution < -0.4 is 5.32 Å². The molecule has 0 aliphatic rings. The highest BCUT2D eigenvalue weighted by Crippen LogP contribution is 2.28. The average Bonchev–Trinajstić information content (AvgIpc) is 2.49. The lowest BCUT2D eigenvalue weighted by atomic mass is 10.1. The maximum absolute atomic E-state index is 11.8. The number of hydrogen-bond acceptors (Lipinski definition) is 3. The van der Waals surface area contributed by atoms with Crippen LogP contribution in [0.3, 0.4) is 0 Å². The molecule has 0 radical (unpaired) electrons. The van der Waals surface area contributed by atoms with Crippen molar-refractivity contribution in [2.45, 2.75) is 13.0 Å². The van der Waals surface area contributed by atoms with Gasteiger partial charge >= 0.3 is 5.97 Å². The SMILES string of the molecule is COC(=O)c1ccccc1NC(C)c1ccc(Cl)c(Cl)c1. The third-order valence-corrected chi connectivity index (χ3v) is 3.89. The summed E-state index contributed by atoms with van der Waals surface area (Å²) in [7, 11) is 1.36. The molecule has 0 fully saturated rings. The Hall–Kier alpha value is -1.71.